The number of nitrogens with one attached hydrogen (secondary N) is 1. The summed E-state index contributed by atoms with van der Waals surface area (Å²) in [4.78, 5) is 28.8. The first-order valence-electron chi connectivity index (χ1n) is 6.02. The average Bonchev–Trinajstić information content (AvgIpc) is 2.89. The maximum atomic E-state index is 12.0. The zero-order valence-electron chi connectivity index (χ0n) is 10.4. The van der Waals surface area contributed by atoms with Gasteiger partial charge < -0.3 is 5.32 Å². The number of fused-ring (bicyclic) bond motifs is 1. The smallest absolute Gasteiger partial charge is 0.251 e. The Morgan fingerprint density at radius 2 is 2.21 bits per heavy atom. The molecule has 1 unspecified atom stereocenters. The Morgan fingerprint density at radius 3 is 3.05 bits per heavy atom. The fourth-order valence-corrected chi connectivity index (χ4v) is 2.18. The third-order valence-corrected chi connectivity index (χ3v) is 3.29. The number of piperidine rings is 1. The number of aromatic nitrogens is 3. The van der Waals surface area contributed by atoms with Crippen molar-refractivity contribution in [2.45, 2.75) is 18.9 Å². The second kappa shape index (κ2) is 4.34. The number of carbonyl (C=O) groups is 2. The summed E-state index contributed by atoms with van der Waals surface area (Å²) < 4.78 is 1.68. The summed E-state index contributed by atoms with van der Waals surface area (Å²) in [5.74, 6) is 0.235. The van der Waals surface area contributed by atoms with Crippen molar-refractivity contribution in [3.63, 3.8) is 0 Å². The highest BCUT2D eigenvalue weighted by Crippen LogP contribution is 2.19. The van der Waals surface area contributed by atoms with E-state index in [0.717, 1.165) is 10.4 Å². The summed E-state index contributed by atoms with van der Waals surface area (Å²) in [5.41, 5.74) is 0.801. The number of imide groups is 1. The Labute approximate surface area is 109 Å². The molecule has 1 atom stereocenters. The first kappa shape index (κ1) is 11.6. The molecule has 3 rings (SSSR count). The van der Waals surface area contributed by atoms with E-state index in [-0.39, 0.29) is 11.8 Å². The van der Waals surface area contributed by atoms with Gasteiger partial charge in [-0.1, -0.05) is 0 Å². The van der Waals surface area contributed by atoms with Gasteiger partial charge in [0.2, 0.25) is 5.91 Å². The molecule has 0 aliphatic carbocycles. The molecule has 0 bridgehead atoms. The van der Waals surface area contributed by atoms with Gasteiger partial charge in [0.1, 0.15) is 11.6 Å². The second-order valence-electron chi connectivity index (χ2n) is 4.46. The van der Waals surface area contributed by atoms with Gasteiger partial charge in [0, 0.05) is 25.9 Å². The van der Waals surface area contributed by atoms with Crippen LogP contribution in [-0.2, 0) is 9.59 Å². The molecule has 0 saturated carbocycles. The Balaban J connectivity index is 1.87. The predicted molar refractivity (Wildman–Crippen MR) is 67.4 cm³/mol. The van der Waals surface area contributed by atoms with Crippen molar-refractivity contribution in [3.8, 4) is 0 Å². The lowest BCUT2D eigenvalue weighted by Crippen LogP contribution is -2.48. The summed E-state index contributed by atoms with van der Waals surface area (Å²) in [7, 11) is 1.51. The third-order valence-electron chi connectivity index (χ3n) is 3.29. The van der Waals surface area contributed by atoms with Crippen LogP contribution < -0.4 is 5.32 Å². The minimum absolute atomic E-state index is 0.140. The van der Waals surface area contributed by atoms with E-state index >= 15 is 0 Å². The first-order chi connectivity index (χ1) is 9.16. The molecule has 2 aromatic heterocycles. The molecule has 0 aromatic carbocycles. The van der Waals surface area contributed by atoms with Crippen molar-refractivity contribution >= 4 is 23.1 Å². The Morgan fingerprint density at radius 1 is 1.37 bits per heavy atom. The van der Waals surface area contributed by atoms with Crippen molar-refractivity contribution in [1.82, 2.24) is 19.5 Å². The molecule has 1 aliphatic rings. The van der Waals surface area contributed by atoms with Crippen LogP contribution in [0.4, 0.5) is 5.82 Å². The number of nitrogens with zero attached hydrogens (tertiary/aromatic N) is 4. The SMILES string of the molecule is CN1C(=O)CCC(Nc2nccn3nccc23)C1=O. The highest BCUT2D eigenvalue weighted by Gasteiger charge is 2.32. The highest BCUT2D eigenvalue weighted by molar-refractivity contribution is 6.01. The highest BCUT2D eigenvalue weighted by atomic mass is 16.2. The van der Waals surface area contributed by atoms with Crippen molar-refractivity contribution in [3.05, 3.63) is 24.7 Å². The Hall–Kier alpha value is -2.44. The largest absolute Gasteiger partial charge is 0.357 e. The lowest BCUT2D eigenvalue weighted by Gasteiger charge is -2.28. The number of carbonyl (C=O) groups excluding carboxylic acids is 2. The van der Waals surface area contributed by atoms with Crippen LogP contribution in [0.25, 0.3) is 5.52 Å². The average molecular weight is 259 g/mol. The quantitative estimate of drug-likeness (QED) is 0.784. The lowest BCUT2D eigenvalue weighted by molar-refractivity contribution is -0.146. The Bertz CT molecular complexity index is 650. The molecular formula is C12H13N5O2. The van der Waals surface area contributed by atoms with Crippen molar-refractivity contribution in [1.29, 1.82) is 0 Å². The van der Waals surface area contributed by atoms with Crippen LogP contribution in [0, 0.1) is 0 Å². The molecule has 1 saturated heterocycles. The van der Waals surface area contributed by atoms with Gasteiger partial charge in [-0.05, 0) is 12.5 Å². The van der Waals surface area contributed by atoms with Crippen LogP contribution in [0.1, 0.15) is 12.8 Å². The van der Waals surface area contributed by atoms with Crippen LogP contribution >= 0.6 is 0 Å². The van der Waals surface area contributed by atoms with Crippen LogP contribution in [-0.4, -0.2) is 44.4 Å². The monoisotopic (exact) mass is 259 g/mol. The second-order valence-corrected chi connectivity index (χ2v) is 4.46. The van der Waals surface area contributed by atoms with E-state index in [1.54, 1.807) is 23.1 Å². The lowest BCUT2D eigenvalue weighted by atomic mass is 10.0. The summed E-state index contributed by atoms with van der Waals surface area (Å²) in [5, 5.41) is 7.20. The molecule has 1 aliphatic heterocycles. The van der Waals surface area contributed by atoms with E-state index in [1.165, 1.54) is 7.05 Å². The summed E-state index contributed by atoms with van der Waals surface area (Å²) >= 11 is 0. The molecule has 0 spiro atoms. The summed E-state index contributed by atoms with van der Waals surface area (Å²) in [6, 6.07) is 1.40. The Kier molecular flexibility index (Phi) is 2.66. The van der Waals surface area contributed by atoms with E-state index in [2.05, 4.69) is 15.4 Å². The minimum Gasteiger partial charge on any atom is -0.357 e. The number of hydrogen-bond donors (Lipinski definition) is 1. The number of hydrogen-bond acceptors (Lipinski definition) is 5. The van der Waals surface area contributed by atoms with Crippen molar-refractivity contribution < 1.29 is 9.59 Å². The maximum Gasteiger partial charge on any atom is 0.251 e. The zero-order valence-corrected chi connectivity index (χ0v) is 10.4. The molecule has 98 valence electrons. The standard InChI is InChI=1S/C12H13N5O2/c1-16-10(18)3-2-8(12(16)19)15-11-9-4-5-14-17(9)7-6-13-11/h4-8H,2-3H2,1H3,(H,13,15). The van der Waals surface area contributed by atoms with E-state index in [1.807, 2.05) is 6.07 Å². The molecule has 2 amide bonds. The molecule has 3 heterocycles. The number of anilines is 1. The van der Waals surface area contributed by atoms with E-state index < -0.39 is 6.04 Å². The van der Waals surface area contributed by atoms with Crippen LogP contribution in [0.3, 0.4) is 0 Å². The van der Waals surface area contributed by atoms with Gasteiger partial charge in [0.15, 0.2) is 5.82 Å². The number of likely N-dealkylation sites (tertiary alicyclic amines) is 1. The van der Waals surface area contributed by atoms with Crippen molar-refractivity contribution in [2.75, 3.05) is 12.4 Å². The van der Waals surface area contributed by atoms with Gasteiger partial charge in [-0.15, -0.1) is 0 Å². The van der Waals surface area contributed by atoms with E-state index in [9.17, 15) is 9.59 Å². The normalized spacial score (nSPS) is 20.1. The minimum atomic E-state index is -0.420. The fraction of sp³-hybridized carbons (Fsp3) is 0.333. The zero-order chi connectivity index (χ0) is 13.4. The molecule has 1 fully saturated rings. The number of likely N-dealkylation sites (N-methyl/N-ethyl adjacent to an activating group) is 1. The molecule has 0 radical (unpaired) electrons. The van der Waals surface area contributed by atoms with Gasteiger partial charge in [-0.2, -0.15) is 5.10 Å². The van der Waals surface area contributed by atoms with Gasteiger partial charge in [-0.25, -0.2) is 9.50 Å². The molecule has 1 N–H and O–H groups in total. The third kappa shape index (κ3) is 1.92. The van der Waals surface area contributed by atoms with Gasteiger partial charge in [-0.3, -0.25) is 14.5 Å². The van der Waals surface area contributed by atoms with E-state index in [0.29, 0.717) is 18.7 Å². The molecular weight excluding hydrogens is 246 g/mol. The predicted octanol–water partition coefficient (Wildman–Crippen LogP) is 0.289. The summed E-state index contributed by atoms with van der Waals surface area (Å²) in [6.45, 7) is 0. The van der Waals surface area contributed by atoms with Crippen molar-refractivity contribution in [2.24, 2.45) is 0 Å². The van der Waals surface area contributed by atoms with Gasteiger partial charge in [0.05, 0.1) is 6.20 Å². The van der Waals surface area contributed by atoms with Crippen LogP contribution in [0.2, 0.25) is 0 Å². The first-order valence-corrected chi connectivity index (χ1v) is 6.02. The fourth-order valence-electron chi connectivity index (χ4n) is 2.18. The maximum absolute atomic E-state index is 12.0. The summed E-state index contributed by atoms with van der Waals surface area (Å²) in [6.07, 6.45) is 5.87. The topological polar surface area (TPSA) is 79.6 Å². The number of rotatable bonds is 2. The molecule has 7 nitrogen and oxygen atoms in total. The molecule has 7 heteroatoms. The van der Waals surface area contributed by atoms with Gasteiger partial charge >= 0.3 is 0 Å². The molecule has 2 aromatic rings. The van der Waals surface area contributed by atoms with Crippen LogP contribution in [0.15, 0.2) is 24.7 Å². The van der Waals surface area contributed by atoms with Crippen LogP contribution in [0.5, 0.6) is 0 Å². The number of amides is 2. The molecule has 19 heavy (non-hydrogen) atoms. The van der Waals surface area contributed by atoms with Gasteiger partial charge in [0.25, 0.3) is 5.91 Å². The van der Waals surface area contributed by atoms with E-state index in [4.69, 9.17) is 0 Å².